The van der Waals surface area contributed by atoms with Gasteiger partial charge in [0.15, 0.2) is 5.82 Å². The van der Waals surface area contributed by atoms with Gasteiger partial charge in [-0.25, -0.2) is 14.4 Å². The molecule has 0 saturated heterocycles. The molecular formula is C19H19FN4O2. The number of ether oxygens (including phenoxy) is 1. The van der Waals surface area contributed by atoms with Gasteiger partial charge >= 0.3 is 6.01 Å². The van der Waals surface area contributed by atoms with Gasteiger partial charge in [0.25, 0.3) is 5.91 Å². The van der Waals surface area contributed by atoms with E-state index in [2.05, 4.69) is 20.3 Å². The van der Waals surface area contributed by atoms with Gasteiger partial charge in [-0.1, -0.05) is 6.07 Å². The van der Waals surface area contributed by atoms with Crippen LogP contribution in [0.5, 0.6) is 6.01 Å². The van der Waals surface area contributed by atoms with E-state index in [1.165, 1.54) is 0 Å². The lowest BCUT2D eigenvalue weighted by Gasteiger charge is -2.28. The molecule has 1 amide bonds. The van der Waals surface area contributed by atoms with Crippen molar-refractivity contribution in [1.29, 1.82) is 0 Å². The summed E-state index contributed by atoms with van der Waals surface area (Å²) in [7, 11) is 0. The van der Waals surface area contributed by atoms with Crippen molar-refractivity contribution in [2.45, 2.75) is 37.8 Å². The standard InChI is InChI=1S/C19H19FN4O2/c20-14-10-22-19(23-11-14)26-16-5-3-15(4-6-16)24-18(25)13-2-1-12-7-8-21-17(12)9-13/h1-2,7-11,15-16,21H,3-6H2,(H,24,25). The maximum Gasteiger partial charge on any atom is 0.316 e. The molecule has 0 spiro atoms. The topological polar surface area (TPSA) is 79.9 Å². The number of H-pyrrole nitrogens is 1. The second-order valence-corrected chi connectivity index (χ2v) is 6.53. The third kappa shape index (κ3) is 3.66. The molecule has 2 heterocycles. The average molecular weight is 354 g/mol. The number of halogens is 1. The van der Waals surface area contributed by atoms with Gasteiger partial charge in [-0.3, -0.25) is 4.79 Å². The average Bonchev–Trinajstić information content (AvgIpc) is 3.13. The molecule has 0 radical (unpaired) electrons. The third-order valence-electron chi connectivity index (χ3n) is 4.70. The molecule has 134 valence electrons. The summed E-state index contributed by atoms with van der Waals surface area (Å²) in [6.07, 6.45) is 7.26. The first-order valence-electron chi connectivity index (χ1n) is 8.69. The number of hydrogen-bond donors (Lipinski definition) is 2. The molecule has 1 fully saturated rings. The Morgan fingerprint density at radius 2 is 1.92 bits per heavy atom. The van der Waals surface area contributed by atoms with Crippen LogP contribution in [-0.4, -0.2) is 33.0 Å². The van der Waals surface area contributed by atoms with Crippen LogP contribution in [-0.2, 0) is 0 Å². The number of rotatable bonds is 4. The number of hydrogen-bond acceptors (Lipinski definition) is 4. The first-order valence-corrected chi connectivity index (χ1v) is 8.69. The lowest BCUT2D eigenvalue weighted by molar-refractivity contribution is 0.0885. The van der Waals surface area contributed by atoms with Crippen LogP contribution in [0, 0.1) is 5.82 Å². The fourth-order valence-corrected chi connectivity index (χ4v) is 3.29. The van der Waals surface area contributed by atoms with Crippen LogP contribution in [0.15, 0.2) is 42.9 Å². The van der Waals surface area contributed by atoms with Crippen LogP contribution in [0.25, 0.3) is 10.9 Å². The van der Waals surface area contributed by atoms with Crippen molar-refractivity contribution >= 4 is 16.8 Å². The van der Waals surface area contributed by atoms with Gasteiger partial charge in [0.05, 0.1) is 12.4 Å². The van der Waals surface area contributed by atoms with E-state index < -0.39 is 5.82 Å². The number of aromatic nitrogens is 3. The Morgan fingerprint density at radius 1 is 1.15 bits per heavy atom. The van der Waals surface area contributed by atoms with E-state index in [-0.39, 0.29) is 24.1 Å². The molecule has 1 saturated carbocycles. The number of amides is 1. The van der Waals surface area contributed by atoms with E-state index in [0.29, 0.717) is 5.56 Å². The van der Waals surface area contributed by atoms with Crippen molar-refractivity contribution in [3.05, 3.63) is 54.2 Å². The van der Waals surface area contributed by atoms with E-state index in [9.17, 15) is 9.18 Å². The quantitative estimate of drug-likeness (QED) is 0.754. The molecule has 1 aromatic carbocycles. The summed E-state index contributed by atoms with van der Waals surface area (Å²) in [4.78, 5) is 23.2. The fraction of sp³-hybridized carbons (Fsp3) is 0.316. The Balaban J connectivity index is 1.30. The van der Waals surface area contributed by atoms with Crippen LogP contribution in [0.2, 0.25) is 0 Å². The molecule has 4 rings (SSSR count). The zero-order chi connectivity index (χ0) is 17.9. The molecule has 1 aliphatic carbocycles. The van der Waals surface area contributed by atoms with Gasteiger partial charge in [-0.15, -0.1) is 0 Å². The number of fused-ring (bicyclic) bond motifs is 1. The third-order valence-corrected chi connectivity index (χ3v) is 4.70. The highest BCUT2D eigenvalue weighted by molar-refractivity contribution is 5.98. The minimum Gasteiger partial charge on any atom is -0.460 e. The van der Waals surface area contributed by atoms with Crippen molar-refractivity contribution in [2.24, 2.45) is 0 Å². The zero-order valence-corrected chi connectivity index (χ0v) is 14.1. The predicted octanol–water partition coefficient (Wildman–Crippen LogP) is 3.22. The van der Waals surface area contributed by atoms with Gasteiger partial charge in [0.2, 0.25) is 0 Å². The number of aromatic amines is 1. The Bertz CT molecular complexity index is 901. The van der Waals surface area contributed by atoms with E-state index in [1.54, 1.807) is 0 Å². The highest BCUT2D eigenvalue weighted by Crippen LogP contribution is 2.23. The molecule has 3 aromatic rings. The first-order chi connectivity index (χ1) is 12.7. The monoisotopic (exact) mass is 354 g/mol. The summed E-state index contributed by atoms with van der Waals surface area (Å²) in [5.74, 6) is -0.547. The summed E-state index contributed by atoms with van der Waals surface area (Å²) in [5.41, 5.74) is 1.60. The number of carbonyl (C=O) groups is 1. The normalized spacial score (nSPS) is 20.0. The Kier molecular flexibility index (Phi) is 4.51. The molecule has 0 bridgehead atoms. The van der Waals surface area contributed by atoms with Crippen LogP contribution in [0.1, 0.15) is 36.0 Å². The Labute approximate surface area is 149 Å². The summed E-state index contributed by atoms with van der Waals surface area (Å²) < 4.78 is 18.5. The maximum absolute atomic E-state index is 12.8. The Hall–Kier alpha value is -2.96. The van der Waals surface area contributed by atoms with Crippen molar-refractivity contribution < 1.29 is 13.9 Å². The molecule has 0 unspecified atom stereocenters. The second-order valence-electron chi connectivity index (χ2n) is 6.53. The number of benzene rings is 1. The molecule has 0 atom stereocenters. The number of carbonyl (C=O) groups excluding carboxylic acids is 1. The molecule has 1 aliphatic rings. The van der Waals surface area contributed by atoms with Gasteiger partial charge in [-0.2, -0.15) is 0 Å². The van der Waals surface area contributed by atoms with Crippen molar-refractivity contribution in [2.75, 3.05) is 0 Å². The minimum atomic E-state index is -0.485. The number of nitrogens with one attached hydrogen (secondary N) is 2. The van der Waals surface area contributed by atoms with E-state index in [4.69, 9.17) is 4.74 Å². The number of nitrogens with zero attached hydrogens (tertiary/aromatic N) is 2. The van der Waals surface area contributed by atoms with Crippen molar-refractivity contribution in [3.8, 4) is 6.01 Å². The lowest BCUT2D eigenvalue weighted by atomic mass is 9.92. The summed E-state index contributed by atoms with van der Waals surface area (Å²) in [6, 6.07) is 7.93. The SMILES string of the molecule is O=C(NC1CCC(Oc2ncc(F)cn2)CC1)c1ccc2cc[nH]c2c1. The fourth-order valence-electron chi connectivity index (χ4n) is 3.29. The smallest absolute Gasteiger partial charge is 0.316 e. The van der Waals surface area contributed by atoms with Crippen LogP contribution < -0.4 is 10.1 Å². The summed E-state index contributed by atoms with van der Waals surface area (Å²) in [6.45, 7) is 0. The van der Waals surface area contributed by atoms with Crippen molar-refractivity contribution in [3.63, 3.8) is 0 Å². The molecule has 0 aliphatic heterocycles. The van der Waals surface area contributed by atoms with E-state index in [1.807, 2.05) is 30.5 Å². The summed E-state index contributed by atoms with van der Waals surface area (Å²) in [5, 5.41) is 4.18. The van der Waals surface area contributed by atoms with Crippen LogP contribution in [0.3, 0.4) is 0 Å². The van der Waals surface area contributed by atoms with Gasteiger partial charge in [0.1, 0.15) is 6.10 Å². The van der Waals surface area contributed by atoms with Gasteiger partial charge in [0, 0.05) is 23.3 Å². The molecule has 7 heteroatoms. The van der Waals surface area contributed by atoms with E-state index >= 15 is 0 Å². The predicted molar refractivity (Wildman–Crippen MR) is 94.4 cm³/mol. The highest BCUT2D eigenvalue weighted by atomic mass is 19.1. The second kappa shape index (κ2) is 7.11. The highest BCUT2D eigenvalue weighted by Gasteiger charge is 2.24. The molecule has 2 N–H and O–H groups in total. The van der Waals surface area contributed by atoms with Gasteiger partial charge < -0.3 is 15.0 Å². The minimum absolute atomic E-state index is 0.0103. The maximum atomic E-state index is 12.8. The molecular weight excluding hydrogens is 335 g/mol. The lowest BCUT2D eigenvalue weighted by Crippen LogP contribution is -2.39. The van der Waals surface area contributed by atoms with E-state index in [0.717, 1.165) is 49.0 Å². The van der Waals surface area contributed by atoms with Crippen molar-refractivity contribution in [1.82, 2.24) is 20.3 Å². The summed E-state index contributed by atoms with van der Waals surface area (Å²) >= 11 is 0. The Morgan fingerprint density at radius 3 is 2.69 bits per heavy atom. The first kappa shape index (κ1) is 16.5. The van der Waals surface area contributed by atoms with Crippen LogP contribution in [0.4, 0.5) is 4.39 Å². The molecule has 2 aromatic heterocycles. The molecule has 26 heavy (non-hydrogen) atoms. The molecule has 6 nitrogen and oxygen atoms in total. The zero-order valence-electron chi connectivity index (χ0n) is 14.1. The largest absolute Gasteiger partial charge is 0.460 e. The van der Waals surface area contributed by atoms with Crippen LogP contribution >= 0.6 is 0 Å². The van der Waals surface area contributed by atoms with Gasteiger partial charge in [-0.05, 0) is 49.3 Å².